The molecule has 0 saturated heterocycles. The molecule has 0 radical (unpaired) electrons. The maximum atomic E-state index is 4.03. The van der Waals surface area contributed by atoms with Crippen LogP contribution < -0.4 is 0 Å². The third-order valence-electron chi connectivity index (χ3n) is 2.48. The van der Waals surface area contributed by atoms with E-state index in [0.717, 1.165) is 22.3 Å². The molecule has 0 N–H and O–H groups in total. The lowest BCUT2D eigenvalue weighted by molar-refractivity contribution is 1.58. The van der Waals surface area contributed by atoms with Gasteiger partial charge in [-0.2, -0.15) is 0 Å². The molecule has 0 saturated carbocycles. The summed E-state index contributed by atoms with van der Waals surface area (Å²) in [6.07, 6.45) is 9.30. The fraction of sp³-hybridized carbons (Fsp3) is 0. The standard InChI is InChI=1S/C18H18/c1-5-6-10-15(2)16(3)13-14-17(4)18-11-8-7-9-12-18/h5-14H,1-4H2/b10-6-,14-13-. The maximum Gasteiger partial charge on any atom is -0.0190 e. The number of rotatable bonds is 6. The monoisotopic (exact) mass is 234 g/mol. The Labute approximate surface area is 110 Å². The van der Waals surface area contributed by atoms with Crippen LogP contribution in [0.2, 0.25) is 0 Å². The summed E-state index contributed by atoms with van der Waals surface area (Å²) in [6.45, 7) is 15.5. The van der Waals surface area contributed by atoms with Gasteiger partial charge < -0.3 is 0 Å². The SMILES string of the molecule is C=C/C=C\C(=C)C(=C)/C=C\C(=C)c1ccccc1. The van der Waals surface area contributed by atoms with Crippen LogP contribution >= 0.6 is 0 Å². The minimum absolute atomic E-state index is 0.866. The predicted molar refractivity (Wildman–Crippen MR) is 82.2 cm³/mol. The van der Waals surface area contributed by atoms with E-state index >= 15 is 0 Å². The molecule has 0 bridgehead atoms. The van der Waals surface area contributed by atoms with Crippen LogP contribution in [-0.4, -0.2) is 0 Å². The summed E-state index contributed by atoms with van der Waals surface area (Å²) >= 11 is 0. The van der Waals surface area contributed by atoms with Crippen molar-refractivity contribution < 1.29 is 0 Å². The lowest BCUT2D eigenvalue weighted by atomic mass is 10.0. The fourth-order valence-corrected chi connectivity index (χ4v) is 1.35. The predicted octanol–water partition coefficient (Wildman–Crippen LogP) is 5.11. The van der Waals surface area contributed by atoms with E-state index in [2.05, 4.69) is 26.3 Å². The van der Waals surface area contributed by atoms with Gasteiger partial charge in [0.25, 0.3) is 0 Å². The highest BCUT2D eigenvalue weighted by molar-refractivity contribution is 5.72. The third-order valence-corrected chi connectivity index (χ3v) is 2.48. The zero-order valence-corrected chi connectivity index (χ0v) is 10.6. The van der Waals surface area contributed by atoms with Gasteiger partial charge in [-0.15, -0.1) is 0 Å². The molecule has 0 aliphatic carbocycles. The molecular formula is C18H18. The first-order chi connectivity index (χ1) is 8.65. The molecule has 0 aliphatic rings. The Bertz CT molecular complexity index is 510. The molecule has 0 fully saturated rings. The molecule has 0 heterocycles. The molecule has 0 nitrogen and oxygen atoms in total. The molecule has 0 heteroatoms. The van der Waals surface area contributed by atoms with Crippen molar-refractivity contribution in [2.45, 2.75) is 0 Å². The summed E-state index contributed by atoms with van der Waals surface area (Å²) < 4.78 is 0. The van der Waals surface area contributed by atoms with Crippen LogP contribution in [0, 0.1) is 0 Å². The van der Waals surface area contributed by atoms with Gasteiger partial charge in [0.15, 0.2) is 0 Å². The van der Waals surface area contributed by atoms with E-state index in [-0.39, 0.29) is 0 Å². The van der Waals surface area contributed by atoms with Crippen LogP contribution in [0.15, 0.2) is 98.2 Å². The molecule has 0 spiro atoms. The average molecular weight is 234 g/mol. The van der Waals surface area contributed by atoms with Gasteiger partial charge in [-0.3, -0.25) is 0 Å². The van der Waals surface area contributed by atoms with Crippen molar-refractivity contribution in [1.82, 2.24) is 0 Å². The van der Waals surface area contributed by atoms with Gasteiger partial charge in [-0.05, 0) is 22.3 Å². The molecule has 0 aliphatic heterocycles. The van der Waals surface area contributed by atoms with Crippen LogP contribution in [0.3, 0.4) is 0 Å². The molecule has 0 aromatic heterocycles. The molecular weight excluding hydrogens is 216 g/mol. The lowest BCUT2D eigenvalue weighted by Gasteiger charge is -2.01. The number of hydrogen-bond donors (Lipinski definition) is 0. The second-order valence-electron chi connectivity index (χ2n) is 3.87. The number of hydrogen-bond acceptors (Lipinski definition) is 0. The van der Waals surface area contributed by atoms with Crippen LogP contribution in [0.25, 0.3) is 5.57 Å². The Balaban J connectivity index is 2.68. The maximum absolute atomic E-state index is 4.03. The summed E-state index contributed by atoms with van der Waals surface area (Å²) in [5, 5.41) is 0. The minimum Gasteiger partial charge on any atom is -0.0991 e. The summed E-state index contributed by atoms with van der Waals surface area (Å²) in [5.41, 5.74) is 3.79. The van der Waals surface area contributed by atoms with E-state index in [1.807, 2.05) is 54.6 Å². The Morgan fingerprint density at radius 1 is 0.833 bits per heavy atom. The average Bonchev–Trinajstić information content (AvgIpc) is 2.42. The first-order valence-corrected chi connectivity index (χ1v) is 5.75. The van der Waals surface area contributed by atoms with Gasteiger partial charge >= 0.3 is 0 Å². The molecule has 1 rings (SSSR count). The third kappa shape index (κ3) is 4.26. The van der Waals surface area contributed by atoms with Crippen LogP contribution in [0.5, 0.6) is 0 Å². The van der Waals surface area contributed by atoms with Gasteiger partial charge in [0, 0.05) is 0 Å². The van der Waals surface area contributed by atoms with E-state index in [4.69, 9.17) is 0 Å². The normalized spacial score (nSPS) is 10.7. The van der Waals surface area contributed by atoms with Crippen LogP contribution in [0.4, 0.5) is 0 Å². The Morgan fingerprint density at radius 3 is 2.06 bits per heavy atom. The van der Waals surface area contributed by atoms with Crippen molar-refractivity contribution in [1.29, 1.82) is 0 Å². The van der Waals surface area contributed by atoms with Crippen LogP contribution in [-0.2, 0) is 0 Å². The zero-order valence-electron chi connectivity index (χ0n) is 10.6. The smallest absolute Gasteiger partial charge is 0.0190 e. The highest BCUT2D eigenvalue weighted by atomic mass is 14.0. The first kappa shape index (κ1) is 13.7. The molecule has 1 aromatic rings. The van der Waals surface area contributed by atoms with Gasteiger partial charge in [-0.25, -0.2) is 0 Å². The van der Waals surface area contributed by atoms with Gasteiger partial charge in [0.1, 0.15) is 0 Å². The highest BCUT2D eigenvalue weighted by Crippen LogP contribution is 2.16. The summed E-state index contributed by atoms with van der Waals surface area (Å²) in [6, 6.07) is 10.0. The largest absolute Gasteiger partial charge is 0.0991 e. The van der Waals surface area contributed by atoms with E-state index in [1.54, 1.807) is 6.08 Å². The minimum atomic E-state index is 0.866. The number of allylic oxidation sites excluding steroid dienone is 8. The number of benzene rings is 1. The molecule has 1 aromatic carbocycles. The van der Waals surface area contributed by atoms with E-state index in [0.29, 0.717) is 0 Å². The fourth-order valence-electron chi connectivity index (χ4n) is 1.35. The summed E-state index contributed by atoms with van der Waals surface area (Å²) in [4.78, 5) is 0. The molecule has 0 atom stereocenters. The Morgan fingerprint density at radius 2 is 1.44 bits per heavy atom. The highest BCUT2D eigenvalue weighted by Gasteiger charge is 1.94. The molecule has 90 valence electrons. The Kier molecular flexibility index (Phi) is 5.40. The second-order valence-corrected chi connectivity index (χ2v) is 3.87. The Hall–Kier alpha value is -2.34. The second kappa shape index (κ2) is 7.08. The molecule has 0 amide bonds. The van der Waals surface area contributed by atoms with Crippen molar-refractivity contribution >= 4 is 5.57 Å². The van der Waals surface area contributed by atoms with Gasteiger partial charge in [0.2, 0.25) is 0 Å². The summed E-state index contributed by atoms with van der Waals surface area (Å²) in [7, 11) is 0. The molecule has 0 unspecified atom stereocenters. The van der Waals surface area contributed by atoms with Crippen LogP contribution in [0.1, 0.15) is 5.56 Å². The lowest BCUT2D eigenvalue weighted by Crippen LogP contribution is -1.80. The van der Waals surface area contributed by atoms with Crippen molar-refractivity contribution in [3.63, 3.8) is 0 Å². The van der Waals surface area contributed by atoms with Gasteiger partial charge in [-0.1, -0.05) is 87.0 Å². The van der Waals surface area contributed by atoms with E-state index in [1.165, 1.54) is 0 Å². The van der Waals surface area contributed by atoms with Crippen molar-refractivity contribution in [2.24, 2.45) is 0 Å². The van der Waals surface area contributed by atoms with Crippen molar-refractivity contribution in [3.05, 3.63) is 104 Å². The zero-order chi connectivity index (χ0) is 13.4. The van der Waals surface area contributed by atoms with E-state index in [9.17, 15) is 0 Å². The van der Waals surface area contributed by atoms with Gasteiger partial charge in [0.05, 0.1) is 0 Å². The topological polar surface area (TPSA) is 0 Å². The molecule has 18 heavy (non-hydrogen) atoms. The summed E-state index contributed by atoms with van der Waals surface area (Å²) in [5.74, 6) is 0. The quantitative estimate of drug-likeness (QED) is 0.600. The van der Waals surface area contributed by atoms with Crippen molar-refractivity contribution in [3.8, 4) is 0 Å². The van der Waals surface area contributed by atoms with E-state index < -0.39 is 0 Å². The van der Waals surface area contributed by atoms with Crippen molar-refractivity contribution in [2.75, 3.05) is 0 Å². The first-order valence-electron chi connectivity index (χ1n) is 5.75.